The second kappa shape index (κ2) is 10.4. The maximum absolute atomic E-state index is 13.4. The van der Waals surface area contributed by atoms with Gasteiger partial charge in [-0.25, -0.2) is 0 Å². The van der Waals surface area contributed by atoms with Crippen molar-refractivity contribution in [2.45, 2.75) is 25.2 Å². The van der Waals surface area contributed by atoms with Gasteiger partial charge < -0.3 is 14.8 Å². The second-order valence-corrected chi connectivity index (χ2v) is 8.64. The van der Waals surface area contributed by atoms with Crippen LogP contribution in [0.4, 0.5) is 0 Å². The average Bonchev–Trinajstić information content (AvgIpc) is 2.90. The molecule has 0 fully saturated rings. The lowest BCUT2D eigenvalue weighted by atomic mass is 9.85. The molecular weight excluding hydrogens is 458 g/mol. The number of fused-ring (bicyclic) bond motifs is 1. The van der Waals surface area contributed by atoms with Crippen LogP contribution in [0.1, 0.15) is 57.0 Å². The standard InChI is InChI=1S/C29H25NO6/c1-30-23-13-12-20(16-22(23)28(35)27(29(30)36)24(31)14-15-26(33)34)25(32)17-21(18-8-4-2-5-9-18)19-10-6-3-7-11-19/h2-13,16,21,35H,14-15,17H2,1H3,(H,33,34). The summed E-state index contributed by atoms with van der Waals surface area (Å²) in [5, 5.41) is 19.9. The van der Waals surface area contributed by atoms with Crippen LogP contribution < -0.4 is 5.56 Å². The van der Waals surface area contributed by atoms with Gasteiger partial charge in [0.25, 0.3) is 5.56 Å². The van der Waals surface area contributed by atoms with Gasteiger partial charge in [-0.15, -0.1) is 0 Å². The van der Waals surface area contributed by atoms with E-state index in [2.05, 4.69) is 0 Å². The van der Waals surface area contributed by atoms with Crippen molar-refractivity contribution in [1.82, 2.24) is 4.57 Å². The number of carboxylic acids is 1. The molecule has 36 heavy (non-hydrogen) atoms. The summed E-state index contributed by atoms with van der Waals surface area (Å²) in [6, 6.07) is 24.1. The summed E-state index contributed by atoms with van der Waals surface area (Å²) in [5.74, 6) is -2.83. The van der Waals surface area contributed by atoms with Crippen molar-refractivity contribution in [3.05, 3.63) is 111 Å². The predicted molar refractivity (Wildman–Crippen MR) is 136 cm³/mol. The fourth-order valence-corrected chi connectivity index (χ4v) is 4.40. The van der Waals surface area contributed by atoms with Crippen LogP contribution in [0.25, 0.3) is 10.9 Å². The van der Waals surface area contributed by atoms with Crippen LogP contribution in [0, 0.1) is 0 Å². The first-order valence-electron chi connectivity index (χ1n) is 11.5. The summed E-state index contributed by atoms with van der Waals surface area (Å²) >= 11 is 0. The molecule has 1 aromatic heterocycles. The zero-order valence-corrected chi connectivity index (χ0v) is 19.7. The molecular formula is C29H25NO6. The minimum Gasteiger partial charge on any atom is -0.506 e. The Morgan fingerprint density at radius 3 is 1.97 bits per heavy atom. The van der Waals surface area contributed by atoms with E-state index in [-0.39, 0.29) is 23.5 Å². The van der Waals surface area contributed by atoms with E-state index in [1.54, 1.807) is 12.1 Å². The second-order valence-electron chi connectivity index (χ2n) is 8.64. The van der Waals surface area contributed by atoms with Gasteiger partial charge in [-0.3, -0.25) is 19.2 Å². The number of aromatic nitrogens is 1. The third-order valence-corrected chi connectivity index (χ3v) is 6.33. The van der Waals surface area contributed by atoms with Crippen LogP contribution in [0.5, 0.6) is 5.75 Å². The van der Waals surface area contributed by atoms with Crippen molar-refractivity contribution >= 4 is 28.4 Å². The van der Waals surface area contributed by atoms with E-state index >= 15 is 0 Å². The van der Waals surface area contributed by atoms with Crippen molar-refractivity contribution in [3.8, 4) is 5.75 Å². The molecule has 0 saturated carbocycles. The number of pyridine rings is 1. The van der Waals surface area contributed by atoms with Crippen molar-refractivity contribution in [2.75, 3.05) is 0 Å². The van der Waals surface area contributed by atoms with E-state index in [0.717, 1.165) is 11.1 Å². The lowest BCUT2D eigenvalue weighted by molar-refractivity contribution is -0.136. The molecule has 7 heteroatoms. The first kappa shape index (κ1) is 24.6. The molecule has 0 saturated heterocycles. The molecule has 0 radical (unpaired) electrons. The van der Waals surface area contributed by atoms with Gasteiger partial charge in [-0.05, 0) is 29.3 Å². The number of aromatic hydroxyl groups is 1. The van der Waals surface area contributed by atoms with Gasteiger partial charge in [-0.2, -0.15) is 0 Å². The van der Waals surface area contributed by atoms with Crippen LogP contribution in [0.3, 0.4) is 0 Å². The highest BCUT2D eigenvalue weighted by Crippen LogP contribution is 2.32. The molecule has 1 heterocycles. The molecule has 182 valence electrons. The van der Waals surface area contributed by atoms with Gasteiger partial charge in [0.2, 0.25) is 0 Å². The molecule has 0 amide bonds. The van der Waals surface area contributed by atoms with Gasteiger partial charge in [0.1, 0.15) is 11.3 Å². The zero-order valence-electron chi connectivity index (χ0n) is 19.7. The third kappa shape index (κ3) is 4.95. The number of aliphatic carboxylic acids is 1. The topological polar surface area (TPSA) is 114 Å². The Hall–Kier alpha value is -4.52. The van der Waals surface area contributed by atoms with Crippen LogP contribution >= 0.6 is 0 Å². The summed E-state index contributed by atoms with van der Waals surface area (Å²) < 4.78 is 1.22. The van der Waals surface area contributed by atoms with Crippen LogP contribution in [0.2, 0.25) is 0 Å². The van der Waals surface area contributed by atoms with Crippen LogP contribution in [-0.4, -0.2) is 32.3 Å². The minimum absolute atomic E-state index is 0.165. The predicted octanol–water partition coefficient (Wildman–Crippen LogP) is 4.70. The number of benzene rings is 3. The molecule has 0 unspecified atom stereocenters. The molecule has 0 spiro atoms. The number of Topliss-reactive ketones (excluding diaryl/α,β-unsaturated/α-hetero) is 2. The number of hydrogen-bond acceptors (Lipinski definition) is 5. The summed E-state index contributed by atoms with van der Waals surface area (Å²) in [7, 11) is 1.46. The fraction of sp³-hybridized carbons (Fsp3) is 0.172. The number of ketones is 2. The Morgan fingerprint density at radius 2 is 1.42 bits per heavy atom. The number of carboxylic acid groups (broad SMARTS) is 1. The van der Waals surface area contributed by atoms with Gasteiger partial charge in [0.05, 0.1) is 11.9 Å². The van der Waals surface area contributed by atoms with Gasteiger partial charge in [-0.1, -0.05) is 60.7 Å². The molecule has 0 aliphatic heterocycles. The lowest BCUT2D eigenvalue weighted by Gasteiger charge is -2.18. The van der Waals surface area contributed by atoms with Gasteiger partial charge in [0.15, 0.2) is 11.6 Å². The molecule has 0 aliphatic carbocycles. The Kier molecular flexibility index (Phi) is 7.10. The van der Waals surface area contributed by atoms with Crippen LogP contribution in [0.15, 0.2) is 83.7 Å². The Balaban J connectivity index is 1.73. The maximum Gasteiger partial charge on any atom is 0.303 e. The van der Waals surface area contributed by atoms with Crippen LogP contribution in [-0.2, 0) is 11.8 Å². The normalized spacial score (nSPS) is 11.1. The van der Waals surface area contributed by atoms with Crippen molar-refractivity contribution in [1.29, 1.82) is 0 Å². The maximum atomic E-state index is 13.4. The van der Waals surface area contributed by atoms with E-state index in [1.807, 2.05) is 60.7 Å². The number of carbonyl (C=O) groups excluding carboxylic acids is 2. The number of rotatable bonds is 9. The molecule has 7 nitrogen and oxygen atoms in total. The summed E-state index contributed by atoms with van der Waals surface area (Å²) in [6.45, 7) is 0. The highest BCUT2D eigenvalue weighted by atomic mass is 16.4. The minimum atomic E-state index is -1.18. The molecule has 0 aliphatic rings. The first-order valence-corrected chi connectivity index (χ1v) is 11.5. The Bertz CT molecular complexity index is 1470. The molecule has 4 rings (SSSR count). The summed E-state index contributed by atoms with van der Waals surface area (Å²) in [6.07, 6.45) is -0.701. The van der Waals surface area contributed by atoms with Crippen molar-refractivity contribution in [2.24, 2.45) is 7.05 Å². The number of nitrogens with zero attached hydrogens (tertiary/aromatic N) is 1. The molecule has 4 aromatic rings. The molecule has 0 atom stereocenters. The SMILES string of the molecule is Cn1c(=O)c(C(=O)CCC(=O)O)c(O)c2cc(C(=O)CC(c3ccccc3)c3ccccc3)ccc21. The van der Waals surface area contributed by atoms with Crippen molar-refractivity contribution < 1.29 is 24.6 Å². The first-order chi connectivity index (χ1) is 17.3. The smallest absolute Gasteiger partial charge is 0.303 e. The van der Waals surface area contributed by atoms with Gasteiger partial charge >= 0.3 is 5.97 Å². The molecule has 3 aromatic carbocycles. The Morgan fingerprint density at radius 1 is 0.833 bits per heavy atom. The third-order valence-electron chi connectivity index (χ3n) is 6.33. The molecule has 2 N–H and O–H groups in total. The van der Waals surface area contributed by atoms with E-state index in [9.17, 15) is 24.3 Å². The van der Waals surface area contributed by atoms with E-state index < -0.39 is 41.5 Å². The summed E-state index contributed by atoms with van der Waals surface area (Å²) in [5.41, 5.74) is 1.48. The van der Waals surface area contributed by atoms with Crippen molar-refractivity contribution in [3.63, 3.8) is 0 Å². The highest BCUT2D eigenvalue weighted by molar-refractivity contribution is 6.06. The van der Waals surface area contributed by atoms with E-state index in [4.69, 9.17) is 5.11 Å². The van der Waals surface area contributed by atoms with E-state index in [0.29, 0.717) is 11.1 Å². The quantitative estimate of drug-likeness (QED) is 0.334. The molecule has 0 bridgehead atoms. The van der Waals surface area contributed by atoms with Gasteiger partial charge in [0, 0.05) is 36.8 Å². The number of carbonyl (C=O) groups is 3. The average molecular weight is 484 g/mol. The monoisotopic (exact) mass is 483 g/mol. The Labute approximate surface area is 207 Å². The largest absolute Gasteiger partial charge is 0.506 e. The number of aryl methyl sites for hydroxylation is 1. The zero-order chi connectivity index (χ0) is 25.8. The van der Waals surface area contributed by atoms with E-state index in [1.165, 1.54) is 17.7 Å². The summed E-state index contributed by atoms with van der Waals surface area (Å²) in [4.78, 5) is 49.6. The lowest BCUT2D eigenvalue weighted by Crippen LogP contribution is -2.25. The fourth-order valence-electron chi connectivity index (χ4n) is 4.40. The highest BCUT2D eigenvalue weighted by Gasteiger charge is 2.24. The number of hydrogen-bond donors (Lipinski definition) is 2.